The van der Waals surface area contributed by atoms with E-state index in [0.29, 0.717) is 21.0 Å². The van der Waals surface area contributed by atoms with Gasteiger partial charge in [-0.1, -0.05) is 60.5 Å². The van der Waals surface area contributed by atoms with Crippen LogP contribution in [0, 0.1) is 0 Å². The Hall–Kier alpha value is -3.28. The van der Waals surface area contributed by atoms with E-state index in [-0.39, 0.29) is 23.9 Å². The molecule has 0 fully saturated rings. The molecule has 3 aromatic rings. The van der Waals surface area contributed by atoms with E-state index in [1.807, 2.05) is 0 Å². The predicted octanol–water partition coefficient (Wildman–Crippen LogP) is 6.54. The van der Waals surface area contributed by atoms with E-state index in [9.17, 15) is 31.2 Å². The third-order valence-electron chi connectivity index (χ3n) is 6.24. The lowest BCUT2D eigenvalue weighted by molar-refractivity contribution is -0.140. The minimum atomic E-state index is -4.89. The van der Waals surface area contributed by atoms with Crippen molar-refractivity contribution in [1.29, 1.82) is 0 Å². The van der Waals surface area contributed by atoms with E-state index in [0.717, 1.165) is 12.1 Å². The van der Waals surface area contributed by atoms with Gasteiger partial charge in [0.05, 0.1) is 21.2 Å². The van der Waals surface area contributed by atoms with E-state index in [1.54, 1.807) is 51.1 Å². The Morgan fingerprint density at radius 2 is 1.57 bits per heavy atom. The third-order valence-corrected chi connectivity index (χ3v) is 8.61. The average Bonchev–Trinajstić information content (AvgIpc) is 2.92. The number of halogens is 5. The number of nitrogens with one attached hydrogen (secondary N) is 1. The number of carbonyl (C=O) groups excluding carboxylic acids is 2. The van der Waals surface area contributed by atoms with Crippen molar-refractivity contribution < 1.29 is 31.2 Å². The molecular weight excluding hydrogens is 614 g/mol. The molecule has 0 aromatic heterocycles. The van der Waals surface area contributed by atoms with Crippen molar-refractivity contribution >= 4 is 50.7 Å². The Kier molecular flexibility index (Phi) is 10.9. The molecule has 0 aliphatic rings. The molecule has 0 saturated carbocycles. The van der Waals surface area contributed by atoms with Gasteiger partial charge in [-0.05, 0) is 68.3 Å². The standard InChI is InChI=1S/C29H30Cl2F3N3O4S/c1-4-26(28(39)35-19(2)3)36(17-20-10-12-21(30)13-11-20)27(38)18-37(42(40,41)23-8-6-5-7-9-23)22-14-15-25(31)24(16-22)29(32,33)34/h5-16,19,26H,4,17-18H2,1-3H3,(H,35,39)/t26-/m0/s1. The van der Waals surface area contributed by atoms with Gasteiger partial charge in [-0.25, -0.2) is 8.42 Å². The fourth-order valence-electron chi connectivity index (χ4n) is 4.22. The molecule has 1 atom stereocenters. The van der Waals surface area contributed by atoms with Crippen LogP contribution in [-0.4, -0.2) is 43.8 Å². The molecule has 226 valence electrons. The first kappa shape index (κ1) is 33.2. The molecule has 42 heavy (non-hydrogen) atoms. The van der Waals surface area contributed by atoms with Gasteiger partial charge in [-0.15, -0.1) is 0 Å². The molecule has 0 aliphatic carbocycles. The minimum absolute atomic E-state index is 0.0896. The Morgan fingerprint density at radius 1 is 0.952 bits per heavy atom. The molecule has 0 unspecified atom stereocenters. The summed E-state index contributed by atoms with van der Waals surface area (Å²) in [5, 5.41) is 2.59. The average molecular weight is 645 g/mol. The molecule has 0 heterocycles. The molecule has 7 nitrogen and oxygen atoms in total. The quantitative estimate of drug-likeness (QED) is 0.257. The molecule has 0 bridgehead atoms. The summed E-state index contributed by atoms with van der Waals surface area (Å²) in [5.74, 6) is -1.27. The van der Waals surface area contributed by atoms with Crippen LogP contribution in [0.25, 0.3) is 0 Å². The van der Waals surface area contributed by atoms with Gasteiger partial charge in [0.25, 0.3) is 10.0 Å². The number of benzene rings is 3. The van der Waals surface area contributed by atoms with E-state index in [2.05, 4.69) is 5.32 Å². The minimum Gasteiger partial charge on any atom is -0.352 e. The molecule has 0 aliphatic heterocycles. The lowest BCUT2D eigenvalue weighted by Crippen LogP contribution is -2.53. The summed E-state index contributed by atoms with van der Waals surface area (Å²) >= 11 is 11.8. The number of hydrogen-bond acceptors (Lipinski definition) is 4. The van der Waals surface area contributed by atoms with Gasteiger partial charge in [0.2, 0.25) is 11.8 Å². The van der Waals surface area contributed by atoms with Crippen LogP contribution in [0.1, 0.15) is 38.3 Å². The second-order valence-electron chi connectivity index (χ2n) is 9.72. The lowest BCUT2D eigenvalue weighted by Gasteiger charge is -2.33. The fourth-order valence-corrected chi connectivity index (χ4v) is 6.00. The highest BCUT2D eigenvalue weighted by molar-refractivity contribution is 7.92. The number of amides is 2. The SMILES string of the molecule is CC[C@@H](C(=O)NC(C)C)N(Cc1ccc(Cl)cc1)C(=O)CN(c1ccc(Cl)c(C(F)(F)F)c1)S(=O)(=O)c1ccccc1. The number of carbonyl (C=O) groups is 2. The zero-order valence-electron chi connectivity index (χ0n) is 23.0. The van der Waals surface area contributed by atoms with E-state index in [1.165, 1.54) is 29.2 Å². The van der Waals surface area contributed by atoms with Crippen molar-refractivity contribution in [3.63, 3.8) is 0 Å². The van der Waals surface area contributed by atoms with Gasteiger partial charge in [0.15, 0.2) is 0 Å². The van der Waals surface area contributed by atoms with Gasteiger partial charge in [-0.3, -0.25) is 13.9 Å². The fraction of sp³-hybridized carbons (Fsp3) is 0.310. The first-order valence-corrected chi connectivity index (χ1v) is 15.1. The predicted molar refractivity (Wildman–Crippen MR) is 157 cm³/mol. The second kappa shape index (κ2) is 13.8. The van der Waals surface area contributed by atoms with Gasteiger partial charge < -0.3 is 10.2 Å². The Labute approximate surface area is 253 Å². The molecule has 0 saturated heterocycles. The zero-order chi connectivity index (χ0) is 31.2. The molecule has 3 rings (SSSR count). The Morgan fingerprint density at radius 3 is 2.12 bits per heavy atom. The van der Waals surface area contributed by atoms with Gasteiger partial charge in [0, 0.05) is 17.6 Å². The zero-order valence-corrected chi connectivity index (χ0v) is 25.4. The first-order valence-electron chi connectivity index (χ1n) is 12.9. The van der Waals surface area contributed by atoms with Gasteiger partial charge >= 0.3 is 6.18 Å². The summed E-state index contributed by atoms with van der Waals surface area (Å²) in [6.07, 6.45) is -4.70. The Bertz CT molecular complexity index is 1500. The van der Waals surface area contributed by atoms with Crippen molar-refractivity contribution in [2.75, 3.05) is 10.8 Å². The monoisotopic (exact) mass is 643 g/mol. The first-order chi connectivity index (χ1) is 19.6. The van der Waals surface area contributed by atoms with E-state index >= 15 is 0 Å². The summed E-state index contributed by atoms with van der Waals surface area (Å²) in [6.45, 7) is 4.22. The van der Waals surface area contributed by atoms with Gasteiger partial charge in [-0.2, -0.15) is 13.2 Å². The normalized spacial score (nSPS) is 12.6. The van der Waals surface area contributed by atoms with Crippen LogP contribution < -0.4 is 9.62 Å². The lowest BCUT2D eigenvalue weighted by atomic mass is 10.1. The summed E-state index contributed by atoms with van der Waals surface area (Å²) in [4.78, 5) is 28.1. The molecule has 2 amide bonds. The van der Waals surface area contributed by atoms with Gasteiger partial charge in [0.1, 0.15) is 12.6 Å². The molecule has 0 spiro atoms. The van der Waals surface area contributed by atoms with Crippen LogP contribution in [-0.2, 0) is 32.3 Å². The van der Waals surface area contributed by atoms with Crippen LogP contribution in [0.2, 0.25) is 10.0 Å². The van der Waals surface area contributed by atoms with Crippen molar-refractivity contribution in [1.82, 2.24) is 10.2 Å². The Balaban J connectivity index is 2.13. The number of anilines is 1. The van der Waals surface area contributed by atoms with Crippen molar-refractivity contribution in [3.8, 4) is 0 Å². The number of alkyl halides is 3. The van der Waals surface area contributed by atoms with Crippen LogP contribution >= 0.6 is 23.2 Å². The summed E-state index contributed by atoms with van der Waals surface area (Å²) in [5.41, 5.74) is -1.08. The maximum Gasteiger partial charge on any atom is 0.417 e. The van der Waals surface area contributed by atoms with Crippen LogP contribution in [0.15, 0.2) is 77.7 Å². The largest absolute Gasteiger partial charge is 0.417 e. The molecular formula is C29H30Cl2F3N3O4S. The number of nitrogens with zero attached hydrogens (tertiary/aromatic N) is 2. The number of hydrogen-bond donors (Lipinski definition) is 1. The maximum absolute atomic E-state index is 14.0. The van der Waals surface area contributed by atoms with Crippen LogP contribution in [0.3, 0.4) is 0 Å². The van der Waals surface area contributed by atoms with Crippen molar-refractivity contribution in [2.45, 2.75) is 56.9 Å². The highest BCUT2D eigenvalue weighted by Gasteiger charge is 2.37. The number of rotatable bonds is 11. The smallest absolute Gasteiger partial charge is 0.352 e. The summed E-state index contributed by atoms with van der Waals surface area (Å²) in [7, 11) is -4.55. The van der Waals surface area contributed by atoms with Crippen LogP contribution in [0.5, 0.6) is 0 Å². The summed E-state index contributed by atoms with van der Waals surface area (Å²) in [6, 6.07) is 14.9. The van der Waals surface area contributed by atoms with E-state index in [4.69, 9.17) is 23.2 Å². The molecule has 3 aromatic carbocycles. The molecule has 0 radical (unpaired) electrons. The molecule has 13 heteroatoms. The van der Waals surface area contributed by atoms with Crippen LogP contribution in [0.4, 0.5) is 18.9 Å². The van der Waals surface area contributed by atoms with Crippen molar-refractivity contribution in [3.05, 3.63) is 94.0 Å². The highest BCUT2D eigenvalue weighted by atomic mass is 35.5. The van der Waals surface area contributed by atoms with E-state index < -0.39 is 56.9 Å². The second-order valence-corrected chi connectivity index (χ2v) is 12.4. The topological polar surface area (TPSA) is 86.8 Å². The van der Waals surface area contributed by atoms with Crippen molar-refractivity contribution in [2.24, 2.45) is 0 Å². The summed E-state index contributed by atoms with van der Waals surface area (Å²) < 4.78 is 69.4. The third kappa shape index (κ3) is 8.17. The highest BCUT2D eigenvalue weighted by Crippen LogP contribution is 2.38. The number of sulfonamides is 1. The maximum atomic E-state index is 14.0. The molecule has 1 N–H and O–H groups in total.